The summed E-state index contributed by atoms with van der Waals surface area (Å²) >= 11 is 7.23. The summed E-state index contributed by atoms with van der Waals surface area (Å²) in [4.78, 5) is 27.0. The molecule has 1 fully saturated rings. The lowest BCUT2D eigenvalue weighted by Gasteiger charge is -2.31. The second-order valence-electron chi connectivity index (χ2n) is 7.49. The van der Waals surface area contributed by atoms with Gasteiger partial charge in [0.15, 0.2) is 0 Å². The molecule has 2 N–H and O–H groups in total. The van der Waals surface area contributed by atoms with Crippen LogP contribution in [-0.4, -0.2) is 40.1 Å². The average Bonchev–Trinajstić information content (AvgIpc) is 3.26. The Hall–Kier alpha value is -2.97. The van der Waals surface area contributed by atoms with Gasteiger partial charge >= 0.3 is 6.03 Å². The van der Waals surface area contributed by atoms with E-state index >= 15 is 0 Å². The van der Waals surface area contributed by atoms with E-state index in [0.717, 1.165) is 29.1 Å². The number of likely N-dealkylation sites (tertiary alicyclic amines) is 1. The van der Waals surface area contributed by atoms with Crippen LogP contribution in [0.5, 0.6) is 0 Å². The van der Waals surface area contributed by atoms with Crippen molar-refractivity contribution in [2.45, 2.75) is 25.7 Å². The van der Waals surface area contributed by atoms with Gasteiger partial charge in [0.25, 0.3) is 5.91 Å². The highest BCUT2D eigenvalue weighted by atomic mass is 35.5. The fourth-order valence-corrected chi connectivity index (χ4v) is 4.50. The fraction of sp³-hybridized carbons (Fsp3) is 0.273. The molecule has 9 heteroatoms. The van der Waals surface area contributed by atoms with E-state index in [1.807, 2.05) is 31.2 Å². The minimum absolute atomic E-state index is 0.0581. The average molecular weight is 456 g/mol. The quantitative estimate of drug-likeness (QED) is 0.568. The zero-order chi connectivity index (χ0) is 21.8. The molecule has 2 aromatic carbocycles. The van der Waals surface area contributed by atoms with Crippen LogP contribution in [0.3, 0.4) is 0 Å². The number of nitrogens with zero attached hydrogens (tertiary/aromatic N) is 3. The molecule has 0 bridgehead atoms. The van der Waals surface area contributed by atoms with Gasteiger partial charge in [-0.3, -0.25) is 4.79 Å². The Morgan fingerprint density at radius 1 is 1.10 bits per heavy atom. The van der Waals surface area contributed by atoms with Crippen molar-refractivity contribution in [1.82, 2.24) is 15.1 Å². The molecule has 1 atom stereocenters. The molecule has 4 rings (SSSR count). The van der Waals surface area contributed by atoms with Gasteiger partial charge in [-0.15, -0.1) is 10.2 Å². The Morgan fingerprint density at radius 2 is 1.90 bits per heavy atom. The van der Waals surface area contributed by atoms with Gasteiger partial charge in [0.2, 0.25) is 5.01 Å². The van der Waals surface area contributed by atoms with Crippen LogP contribution in [-0.2, 0) is 0 Å². The molecule has 0 unspecified atom stereocenters. The summed E-state index contributed by atoms with van der Waals surface area (Å²) in [7, 11) is 0. The summed E-state index contributed by atoms with van der Waals surface area (Å²) in [6, 6.07) is 14.5. The number of nitrogens with one attached hydrogen (secondary N) is 2. The molecule has 160 valence electrons. The summed E-state index contributed by atoms with van der Waals surface area (Å²) in [5, 5.41) is 15.6. The molecule has 1 aliphatic rings. The van der Waals surface area contributed by atoms with Gasteiger partial charge < -0.3 is 15.5 Å². The van der Waals surface area contributed by atoms with Crippen LogP contribution in [0.1, 0.15) is 39.1 Å². The van der Waals surface area contributed by atoms with Crippen molar-refractivity contribution >= 4 is 46.3 Å². The molecule has 7 nitrogen and oxygen atoms in total. The number of urea groups is 1. The van der Waals surface area contributed by atoms with E-state index < -0.39 is 0 Å². The van der Waals surface area contributed by atoms with Gasteiger partial charge in [-0.25, -0.2) is 4.79 Å². The fourth-order valence-electron chi connectivity index (χ4n) is 3.44. The maximum Gasteiger partial charge on any atom is 0.321 e. The molecular formula is C22H22ClN5O2S. The number of aromatic nitrogens is 2. The number of hydrogen-bond donors (Lipinski definition) is 2. The Kier molecular flexibility index (Phi) is 6.48. The first-order valence-electron chi connectivity index (χ1n) is 10.0. The predicted molar refractivity (Wildman–Crippen MR) is 123 cm³/mol. The molecular weight excluding hydrogens is 434 g/mol. The highest BCUT2D eigenvalue weighted by Crippen LogP contribution is 2.30. The number of rotatable bonds is 4. The minimum atomic E-state index is -0.323. The maximum absolute atomic E-state index is 12.7. The number of amides is 3. The number of carbonyl (C=O) groups is 2. The molecule has 1 aliphatic heterocycles. The minimum Gasteiger partial charge on any atom is -0.324 e. The van der Waals surface area contributed by atoms with Crippen LogP contribution in [0, 0.1) is 6.92 Å². The van der Waals surface area contributed by atoms with Crippen LogP contribution in [0.4, 0.5) is 16.2 Å². The first kappa shape index (κ1) is 21.3. The van der Waals surface area contributed by atoms with Crippen LogP contribution < -0.4 is 10.6 Å². The summed E-state index contributed by atoms with van der Waals surface area (Å²) in [5.74, 6) is -0.265. The van der Waals surface area contributed by atoms with Crippen LogP contribution >= 0.6 is 22.9 Å². The zero-order valence-corrected chi connectivity index (χ0v) is 18.5. The highest BCUT2D eigenvalue weighted by molar-refractivity contribution is 7.13. The van der Waals surface area contributed by atoms with Gasteiger partial charge in [0.05, 0.1) is 0 Å². The summed E-state index contributed by atoms with van der Waals surface area (Å²) < 4.78 is 0. The number of halogens is 1. The standard InChI is InChI=1S/C22H22ClN5O2S/c1-14-7-9-17(10-8-14)25-22(30)28-11-3-4-15(13-28)20-26-27-21(31-20)19(29)24-18-6-2-5-16(23)12-18/h2,5-10,12,15H,3-4,11,13H2,1H3,(H,24,29)(H,25,30)/t15-/m1/s1. The van der Waals surface area contributed by atoms with Gasteiger partial charge in [-0.05, 0) is 50.1 Å². The lowest BCUT2D eigenvalue weighted by molar-refractivity contribution is 0.102. The zero-order valence-electron chi connectivity index (χ0n) is 17.0. The number of hydrogen-bond acceptors (Lipinski definition) is 5. The third-order valence-electron chi connectivity index (χ3n) is 5.08. The molecule has 1 saturated heterocycles. The lowest BCUT2D eigenvalue weighted by atomic mass is 9.99. The largest absolute Gasteiger partial charge is 0.324 e. The van der Waals surface area contributed by atoms with E-state index in [1.165, 1.54) is 11.3 Å². The SMILES string of the molecule is Cc1ccc(NC(=O)N2CCC[C@@H](c3nnc(C(=O)Nc4cccc(Cl)c4)s3)C2)cc1. The van der Waals surface area contributed by atoms with Crippen molar-refractivity contribution in [2.75, 3.05) is 23.7 Å². The Balaban J connectivity index is 1.38. The highest BCUT2D eigenvalue weighted by Gasteiger charge is 2.28. The maximum atomic E-state index is 12.7. The summed E-state index contributed by atoms with van der Waals surface area (Å²) in [6.45, 7) is 3.24. The van der Waals surface area contributed by atoms with E-state index in [9.17, 15) is 9.59 Å². The molecule has 0 spiro atoms. The Bertz CT molecular complexity index is 1090. The number of aryl methyl sites for hydroxylation is 1. The normalized spacial score (nSPS) is 16.1. The Labute approximate surface area is 189 Å². The van der Waals surface area contributed by atoms with Crippen LogP contribution in [0.15, 0.2) is 48.5 Å². The lowest BCUT2D eigenvalue weighted by Crippen LogP contribution is -2.41. The molecule has 0 saturated carbocycles. The third kappa shape index (κ3) is 5.39. The number of carbonyl (C=O) groups excluding carboxylic acids is 2. The van der Waals surface area contributed by atoms with E-state index in [-0.39, 0.29) is 22.9 Å². The number of piperidine rings is 1. The summed E-state index contributed by atoms with van der Waals surface area (Å²) in [6.07, 6.45) is 1.77. The first-order chi connectivity index (χ1) is 15.0. The molecule has 0 aliphatic carbocycles. The van der Waals surface area contributed by atoms with Crippen molar-refractivity contribution in [3.8, 4) is 0 Å². The van der Waals surface area contributed by atoms with Crippen molar-refractivity contribution in [3.63, 3.8) is 0 Å². The second kappa shape index (κ2) is 9.45. The molecule has 31 heavy (non-hydrogen) atoms. The van der Waals surface area contributed by atoms with Crippen molar-refractivity contribution in [1.29, 1.82) is 0 Å². The Morgan fingerprint density at radius 3 is 2.68 bits per heavy atom. The molecule has 0 radical (unpaired) electrons. The first-order valence-corrected chi connectivity index (χ1v) is 11.2. The van der Waals surface area contributed by atoms with Crippen molar-refractivity contribution in [3.05, 3.63) is 69.1 Å². The number of anilines is 2. The van der Waals surface area contributed by atoms with Crippen LogP contribution in [0.25, 0.3) is 0 Å². The molecule has 1 aromatic heterocycles. The molecule has 3 amide bonds. The van der Waals surface area contributed by atoms with Crippen LogP contribution in [0.2, 0.25) is 5.02 Å². The van der Waals surface area contributed by atoms with E-state index in [0.29, 0.717) is 23.8 Å². The van der Waals surface area contributed by atoms with Gasteiger partial charge in [0, 0.05) is 35.4 Å². The van der Waals surface area contributed by atoms with Gasteiger partial charge in [-0.2, -0.15) is 0 Å². The van der Waals surface area contributed by atoms with Gasteiger partial charge in [0.1, 0.15) is 5.01 Å². The number of benzene rings is 2. The topological polar surface area (TPSA) is 87.2 Å². The third-order valence-corrected chi connectivity index (χ3v) is 6.40. The second-order valence-corrected chi connectivity index (χ2v) is 8.94. The van der Waals surface area contributed by atoms with Crippen molar-refractivity contribution < 1.29 is 9.59 Å². The molecule has 3 aromatic rings. The van der Waals surface area contributed by atoms with E-state index in [2.05, 4.69) is 20.8 Å². The van der Waals surface area contributed by atoms with Crippen molar-refractivity contribution in [2.24, 2.45) is 0 Å². The molecule has 2 heterocycles. The monoisotopic (exact) mass is 455 g/mol. The summed E-state index contributed by atoms with van der Waals surface area (Å²) in [5.41, 5.74) is 2.52. The van der Waals surface area contributed by atoms with Gasteiger partial charge in [-0.1, -0.05) is 46.7 Å². The van der Waals surface area contributed by atoms with E-state index in [1.54, 1.807) is 29.2 Å². The van der Waals surface area contributed by atoms with E-state index in [4.69, 9.17) is 11.6 Å². The predicted octanol–water partition coefficient (Wildman–Crippen LogP) is 5.16. The smallest absolute Gasteiger partial charge is 0.321 e.